The highest BCUT2D eigenvalue weighted by Crippen LogP contribution is 2.27. The molecule has 0 fully saturated rings. The van der Waals surface area contributed by atoms with Crippen molar-refractivity contribution >= 4 is 46.4 Å². The van der Waals surface area contributed by atoms with E-state index in [-0.39, 0.29) is 5.69 Å². The first kappa shape index (κ1) is 12.5. The summed E-state index contributed by atoms with van der Waals surface area (Å²) in [4.78, 5) is 11.1. The minimum absolute atomic E-state index is 0.121. The van der Waals surface area contributed by atoms with Crippen LogP contribution in [0.15, 0.2) is 18.2 Å². The van der Waals surface area contributed by atoms with Crippen molar-refractivity contribution in [3.05, 3.63) is 29.8 Å². The molecule has 0 saturated carbocycles. The molecule has 1 amide bonds. The lowest BCUT2D eigenvalue weighted by Gasteiger charge is -2.11. The van der Waals surface area contributed by atoms with Gasteiger partial charge in [0.1, 0.15) is 11.6 Å². The Morgan fingerprint density at radius 3 is 2.00 bits per heavy atom. The van der Waals surface area contributed by atoms with E-state index in [1.54, 1.807) is 0 Å². The van der Waals surface area contributed by atoms with Crippen molar-refractivity contribution in [2.45, 2.75) is 3.79 Å². The van der Waals surface area contributed by atoms with Crippen LogP contribution in [0.3, 0.4) is 0 Å². The summed E-state index contributed by atoms with van der Waals surface area (Å²) in [6.07, 6.45) is 0. The van der Waals surface area contributed by atoms with Crippen molar-refractivity contribution in [3.63, 3.8) is 0 Å². The monoisotopic (exact) mass is 273 g/mol. The van der Waals surface area contributed by atoms with E-state index in [1.807, 2.05) is 5.32 Å². The van der Waals surface area contributed by atoms with Gasteiger partial charge in [-0.05, 0) is 12.1 Å². The number of amides is 1. The number of alkyl halides is 3. The van der Waals surface area contributed by atoms with Crippen molar-refractivity contribution in [1.82, 2.24) is 0 Å². The van der Waals surface area contributed by atoms with Crippen LogP contribution >= 0.6 is 34.8 Å². The SMILES string of the molecule is O=C(Nc1cc(F)cc(F)c1)C(Cl)(Cl)Cl. The minimum Gasteiger partial charge on any atom is -0.322 e. The van der Waals surface area contributed by atoms with E-state index < -0.39 is 21.3 Å². The summed E-state index contributed by atoms with van der Waals surface area (Å²) in [7, 11) is 0. The molecule has 0 saturated heterocycles. The van der Waals surface area contributed by atoms with E-state index in [2.05, 4.69) is 0 Å². The summed E-state index contributed by atoms with van der Waals surface area (Å²) < 4.78 is 23.2. The Balaban J connectivity index is 2.86. The van der Waals surface area contributed by atoms with Gasteiger partial charge in [-0.1, -0.05) is 34.8 Å². The number of hydrogen-bond acceptors (Lipinski definition) is 1. The summed E-state index contributed by atoms with van der Waals surface area (Å²) in [6.45, 7) is 0. The number of benzene rings is 1. The van der Waals surface area contributed by atoms with Gasteiger partial charge in [0.25, 0.3) is 9.70 Å². The molecule has 1 N–H and O–H groups in total. The normalized spacial score (nSPS) is 11.3. The summed E-state index contributed by atoms with van der Waals surface area (Å²) in [6, 6.07) is 2.46. The molecular formula is C8H4Cl3F2NO. The van der Waals surface area contributed by atoms with Crippen molar-refractivity contribution in [2.75, 3.05) is 5.32 Å². The first-order chi connectivity index (χ1) is 6.79. The fraction of sp³-hybridized carbons (Fsp3) is 0.125. The molecule has 0 aliphatic rings. The molecule has 1 aromatic carbocycles. The molecule has 82 valence electrons. The number of anilines is 1. The van der Waals surface area contributed by atoms with E-state index in [0.29, 0.717) is 6.07 Å². The summed E-state index contributed by atoms with van der Waals surface area (Å²) in [5.41, 5.74) is -0.121. The summed E-state index contributed by atoms with van der Waals surface area (Å²) >= 11 is 15.7. The number of carbonyl (C=O) groups is 1. The molecule has 0 aliphatic carbocycles. The first-order valence-electron chi connectivity index (χ1n) is 3.63. The van der Waals surface area contributed by atoms with Crippen LogP contribution in [0.2, 0.25) is 0 Å². The van der Waals surface area contributed by atoms with Gasteiger partial charge in [-0.25, -0.2) is 8.78 Å². The van der Waals surface area contributed by atoms with E-state index in [1.165, 1.54) is 0 Å². The Labute approximate surface area is 99.1 Å². The van der Waals surface area contributed by atoms with Crippen LogP contribution in [-0.4, -0.2) is 9.70 Å². The zero-order valence-corrected chi connectivity index (χ0v) is 9.30. The highest BCUT2D eigenvalue weighted by Gasteiger charge is 2.30. The maximum absolute atomic E-state index is 12.7. The smallest absolute Gasteiger partial charge is 0.276 e. The topological polar surface area (TPSA) is 29.1 Å². The molecule has 0 aliphatic heterocycles. The van der Waals surface area contributed by atoms with Crippen LogP contribution in [0, 0.1) is 11.6 Å². The second-order valence-corrected chi connectivity index (χ2v) is 4.89. The van der Waals surface area contributed by atoms with Crippen LogP contribution in [0.5, 0.6) is 0 Å². The Hall–Kier alpha value is -0.580. The number of rotatable bonds is 1. The average molecular weight is 274 g/mol. The summed E-state index contributed by atoms with van der Waals surface area (Å²) in [5, 5.41) is 2.05. The lowest BCUT2D eigenvalue weighted by Crippen LogP contribution is -2.27. The highest BCUT2D eigenvalue weighted by molar-refractivity contribution is 6.76. The van der Waals surface area contributed by atoms with E-state index in [4.69, 9.17) is 34.8 Å². The third-order valence-corrected chi connectivity index (χ3v) is 1.89. The molecular weight excluding hydrogens is 270 g/mol. The molecule has 15 heavy (non-hydrogen) atoms. The van der Waals surface area contributed by atoms with Crippen LogP contribution in [0.25, 0.3) is 0 Å². The molecule has 0 heterocycles. The number of halogens is 5. The van der Waals surface area contributed by atoms with Crippen LogP contribution < -0.4 is 5.32 Å². The van der Waals surface area contributed by atoms with Gasteiger partial charge in [0.2, 0.25) is 0 Å². The van der Waals surface area contributed by atoms with Crippen LogP contribution in [0.1, 0.15) is 0 Å². The maximum Gasteiger partial charge on any atom is 0.276 e. The van der Waals surface area contributed by atoms with Gasteiger partial charge < -0.3 is 5.32 Å². The zero-order chi connectivity index (χ0) is 11.6. The van der Waals surface area contributed by atoms with Gasteiger partial charge >= 0.3 is 0 Å². The van der Waals surface area contributed by atoms with Gasteiger partial charge in [-0.3, -0.25) is 4.79 Å². The number of hydrogen-bond donors (Lipinski definition) is 1. The van der Waals surface area contributed by atoms with Gasteiger partial charge in [0.15, 0.2) is 0 Å². The molecule has 0 spiro atoms. The highest BCUT2D eigenvalue weighted by atomic mass is 35.6. The van der Waals surface area contributed by atoms with Crippen molar-refractivity contribution < 1.29 is 13.6 Å². The Kier molecular flexibility index (Phi) is 3.76. The van der Waals surface area contributed by atoms with E-state index in [0.717, 1.165) is 12.1 Å². The Morgan fingerprint density at radius 1 is 1.13 bits per heavy atom. The van der Waals surface area contributed by atoms with Crippen LogP contribution in [-0.2, 0) is 4.79 Å². The van der Waals surface area contributed by atoms with Crippen molar-refractivity contribution in [3.8, 4) is 0 Å². The maximum atomic E-state index is 12.7. The quantitative estimate of drug-likeness (QED) is 0.782. The predicted molar refractivity (Wildman–Crippen MR) is 55.3 cm³/mol. The second-order valence-electron chi connectivity index (χ2n) is 2.61. The largest absolute Gasteiger partial charge is 0.322 e. The van der Waals surface area contributed by atoms with Crippen molar-refractivity contribution in [2.24, 2.45) is 0 Å². The lowest BCUT2D eigenvalue weighted by molar-refractivity contribution is -0.115. The second kappa shape index (κ2) is 4.51. The first-order valence-corrected chi connectivity index (χ1v) is 4.76. The fourth-order valence-corrected chi connectivity index (χ4v) is 0.970. The zero-order valence-electron chi connectivity index (χ0n) is 7.03. The van der Waals surface area contributed by atoms with Gasteiger partial charge in [-0.15, -0.1) is 0 Å². The molecule has 1 rings (SSSR count). The van der Waals surface area contributed by atoms with Crippen LogP contribution in [0.4, 0.5) is 14.5 Å². The minimum atomic E-state index is -2.18. The van der Waals surface area contributed by atoms with Gasteiger partial charge in [0, 0.05) is 11.8 Å². The van der Waals surface area contributed by atoms with Gasteiger partial charge in [0.05, 0.1) is 0 Å². The summed E-state index contributed by atoms with van der Waals surface area (Å²) in [5.74, 6) is -2.67. The molecule has 0 radical (unpaired) electrons. The van der Waals surface area contributed by atoms with Gasteiger partial charge in [-0.2, -0.15) is 0 Å². The Bertz CT molecular complexity index is 372. The Morgan fingerprint density at radius 2 is 1.60 bits per heavy atom. The average Bonchev–Trinajstić information content (AvgIpc) is 1.99. The standard InChI is InChI=1S/C8H4Cl3F2NO/c9-8(10,11)7(15)14-6-2-4(12)1-5(13)3-6/h1-3H,(H,14,15). The number of carbonyl (C=O) groups excluding carboxylic acids is 1. The molecule has 0 unspecified atom stereocenters. The third kappa shape index (κ3) is 3.81. The number of nitrogens with one attached hydrogen (secondary N) is 1. The van der Waals surface area contributed by atoms with Crippen molar-refractivity contribution in [1.29, 1.82) is 0 Å². The molecule has 0 bridgehead atoms. The third-order valence-electron chi connectivity index (χ3n) is 1.38. The fourth-order valence-electron chi connectivity index (χ4n) is 0.828. The van der Waals surface area contributed by atoms with E-state index in [9.17, 15) is 13.6 Å². The molecule has 0 atom stereocenters. The molecule has 2 nitrogen and oxygen atoms in total. The lowest BCUT2D eigenvalue weighted by atomic mass is 10.3. The molecule has 1 aromatic rings. The predicted octanol–water partition coefficient (Wildman–Crippen LogP) is 3.27. The van der Waals surface area contributed by atoms with E-state index >= 15 is 0 Å². The molecule has 0 aromatic heterocycles. The molecule has 7 heteroatoms.